The van der Waals surface area contributed by atoms with Gasteiger partial charge in [-0.15, -0.1) is 0 Å². The third-order valence-electron chi connectivity index (χ3n) is 4.66. The fraction of sp³-hybridized carbons (Fsp3) is 0.389. The molecule has 0 saturated carbocycles. The molecule has 8 heteroatoms. The van der Waals surface area contributed by atoms with Gasteiger partial charge < -0.3 is 23.6 Å². The Balaban J connectivity index is 1.54. The van der Waals surface area contributed by atoms with Crippen LogP contribution in [0.3, 0.4) is 0 Å². The molecule has 1 unspecified atom stereocenters. The van der Waals surface area contributed by atoms with Gasteiger partial charge in [0.05, 0.1) is 18.4 Å². The van der Waals surface area contributed by atoms with E-state index in [1.54, 1.807) is 24.6 Å². The summed E-state index contributed by atoms with van der Waals surface area (Å²) in [6, 6.07) is 3.47. The van der Waals surface area contributed by atoms with E-state index in [-0.39, 0.29) is 18.4 Å². The number of aryl methyl sites for hydroxylation is 2. The third-order valence-corrected chi connectivity index (χ3v) is 4.66. The van der Waals surface area contributed by atoms with Gasteiger partial charge in [0, 0.05) is 39.1 Å². The highest BCUT2D eigenvalue weighted by Crippen LogP contribution is 2.25. The zero-order valence-corrected chi connectivity index (χ0v) is 14.8. The van der Waals surface area contributed by atoms with Gasteiger partial charge in [-0.25, -0.2) is 9.97 Å². The van der Waals surface area contributed by atoms with Crippen molar-refractivity contribution in [2.45, 2.75) is 19.4 Å². The molecular formula is C18H21N5O3. The number of hydrogen-bond donors (Lipinski definition) is 1. The van der Waals surface area contributed by atoms with Gasteiger partial charge >= 0.3 is 0 Å². The first-order valence-electron chi connectivity index (χ1n) is 8.61. The Hall–Kier alpha value is -2.87. The van der Waals surface area contributed by atoms with Crippen LogP contribution in [-0.2, 0) is 18.3 Å². The molecule has 1 fully saturated rings. The maximum atomic E-state index is 13.0. The topological polar surface area (TPSA) is 89.3 Å². The lowest BCUT2D eigenvalue weighted by Gasteiger charge is -2.35. The van der Waals surface area contributed by atoms with Crippen LogP contribution in [0.5, 0.6) is 0 Å². The molecule has 0 spiro atoms. The molecule has 136 valence electrons. The first-order valence-corrected chi connectivity index (χ1v) is 8.61. The van der Waals surface area contributed by atoms with Crippen LogP contribution in [0.15, 0.2) is 39.6 Å². The normalized spacial score (nSPS) is 17.6. The Morgan fingerprint density at radius 2 is 2.35 bits per heavy atom. The van der Waals surface area contributed by atoms with E-state index in [4.69, 9.17) is 8.83 Å². The average molecular weight is 355 g/mol. The maximum Gasteiger partial charge on any atom is 0.263 e. The second-order valence-electron chi connectivity index (χ2n) is 6.38. The van der Waals surface area contributed by atoms with E-state index in [1.807, 2.05) is 29.6 Å². The zero-order valence-electron chi connectivity index (χ0n) is 14.8. The number of amides is 1. The van der Waals surface area contributed by atoms with Crippen molar-refractivity contribution >= 4 is 5.91 Å². The van der Waals surface area contributed by atoms with Crippen LogP contribution in [0.1, 0.15) is 23.3 Å². The lowest BCUT2D eigenvalue weighted by atomic mass is 10.1. The number of furan rings is 1. The van der Waals surface area contributed by atoms with Crippen LogP contribution < -0.4 is 5.32 Å². The number of oxazole rings is 1. The summed E-state index contributed by atoms with van der Waals surface area (Å²) in [5.74, 6) is 2.48. The van der Waals surface area contributed by atoms with Crippen molar-refractivity contribution in [2.24, 2.45) is 7.05 Å². The van der Waals surface area contributed by atoms with Crippen LogP contribution >= 0.6 is 0 Å². The quantitative estimate of drug-likeness (QED) is 0.766. The minimum atomic E-state index is -0.0898. The molecule has 0 aliphatic carbocycles. The number of rotatable bonds is 4. The van der Waals surface area contributed by atoms with Crippen molar-refractivity contribution in [3.05, 3.63) is 48.1 Å². The lowest BCUT2D eigenvalue weighted by molar-refractivity contribution is -0.134. The van der Waals surface area contributed by atoms with Crippen molar-refractivity contribution in [1.29, 1.82) is 0 Å². The van der Waals surface area contributed by atoms with Crippen LogP contribution in [0.4, 0.5) is 0 Å². The van der Waals surface area contributed by atoms with Crippen LogP contribution in [0, 0.1) is 6.92 Å². The molecule has 26 heavy (non-hydrogen) atoms. The van der Waals surface area contributed by atoms with E-state index in [1.165, 1.54) is 0 Å². The molecule has 1 amide bonds. The predicted octanol–water partition coefficient (Wildman–Crippen LogP) is 1.69. The van der Waals surface area contributed by atoms with Gasteiger partial charge in [-0.2, -0.15) is 0 Å². The molecule has 8 nitrogen and oxygen atoms in total. The van der Waals surface area contributed by atoms with Gasteiger partial charge in [-0.3, -0.25) is 4.79 Å². The first kappa shape index (κ1) is 16.6. The molecule has 1 aliphatic heterocycles. The molecule has 4 heterocycles. The Morgan fingerprint density at radius 1 is 1.46 bits per heavy atom. The van der Waals surface area contributed by atoms with Crippen LogP contribution in [0.2, 0.25) is 0 Å². The smallest absolute Gasteiger partial charge is 0.263 e. The van der Waals surface area contributed by atoms with Crippen molar-refractivity contribution in [3.8, 4) is 11.7 Å². The number of nitrogens with zero attached hydrogens (tertiary/aromatic N) is 4. The summed E-state index contributed by atoms with van der Waals surface area (Å²) < 4.78 is 12.9. The van der Waals surface area contributed by atoms with E-state index >= 15 is 0 Å². The Kier molecular flexibility index (Phi) is 4.34. The van der Waals surface area contributed by atoms with Crippen LogP contribution in [0.25, 0.3) is 11.7 Å². The van der Waals surface area contributed by atoms with Crippen molar-refractivity contribution in [3.63, 3.8) is 0 Å². The maximum absolute atomic E-state index is 13.0. The molecule has 0 radical (unpaired) electrons. The van der Waals surface area contributed by atoms with Crippen molar-refractivity contribution < 1.29 is 13.6 Å². The molecule has 1 aliphatic rings. The van der Waals surface area contributed by atoms with Gasteiger partial charge in [-0.1, -0.05) is 0 Å². The number of nitrogens with one attached hydrogen (secondary N) is 1. The number of aromatic nitrogens is 3. The average Bonchev–Trinajstić information content (AvgIpc) is 3.37. The zero-order chi connectivity index (χ0) is 18.1. The summed E-state index contributed by atoms with van der Waals surface area (Å²) in [6.45, 7) is 3.91. The van der Waals surface area contributed by atoms with Gasteiger partial charge in [0.1, 0.15) is 17.6 Å². The molecule has 4 rings (SSSR count). The fourth-order valence-corrected chi connectivity index (χ4v) is 3.27. The molecule has 0 bridgehead atoms. The van der Waals surface area contributed by atoms with Gasteiger partial charge in [-0.05, 0) is 19.1 Å². The molecule has 0 aromatic carbocycles. The molecule has 1 N–H and O–H groups in total. The predicted molar refractivity (Wildman–Crippen MR) is 93.2 cm³/mol. The molecule has 1 atom stereocenters. The second-order valence-corrected chi connectivity index (χ2v) is 6.38. The van der Waals surface area contributed by atoms with E-state index in [0.717, 1.165) is 12.4 Å². The minimum Gasteiger partial charge on any atom is -0.459 e. The number of hydrogen-bond acceptors (Lipinski definition) is 6. The highest BCUT2D eigenvalue weighted by atomic mass is 16.4. The van der Waals surface area contributed by atoms with Gasteiger partial charge in [0.15, 0.2) is 5.76 Å². The first-order chi connectivity index (χ1) is 12.6. The highest BCUT2D eigenvalue weighted by Gasteiger charge is 2.31. The second kappa shape index (κ2) is 6.80. The largest absolute Gasteiger partial charge is 0.459 e. The molecule has 1 saturated heterocycles. The monoisotopic (exact) mass is 355 g/mol. The summed E-state index contributed by atoms with van der Waals surface area (Å²) in [5, 5.41) is 3.34. The lowest BCUT2D eigenvalue weighted by Crippen LogP contribution is -2.50. The van der Waals surface area contributed by atoms with E-state index < -0.39 is 0 Å². The molecule has 3 aromatic rings. The number of carbonyl (C=O) groups is 1. The highest BCUT2D eigenvalue weighted by molar-refractivity contribution is 5.79. The van der Waals surface area contributed by atoms with Gasteiger partial charge in [0.25, 0.3) is 5.89 Å². The SMILES string of the molecule is Cc1oc(-c2ccco2)nc1CC(=O)N1CCNCC1c1nccn1C. The number of carbonyl (C=O) groups excluding carboxylic acids is 1. The fourth-order valence-electron chi connectivity index (χ4n) is 3.27. The standard InChI is InChI=1S/C18H21N5O3/c1-12-13(21-18(26-12)15-4-3-9-25-15)10-16(24)23-8-5-19-11-14(23)17-20-6-7-22(17)2/h3-4,6-7,9,14,19H,5,8,10-11H2,1-2H3. The molecular weight excluding hydrogens is 334 g/mol. The number of imidazole rings is 1. The summed E-state index contributed by atoms with van der Waals surface area (Å²) in [6.07, 6.45) is 5.41. The summed E-state index contributed by atoms with van der Waals surface area (Å²) in [7, 11) is 1.94. The van der Waals surface area contributed by atoms with Crippen molar-refractivity contribution in [1.82, 2.24) is 24.8 Å². The summed E-state index contributed by atoms with van der Waals surface area (Å²) >= 11 is 0. The van der Waals surface area contributed by atoms with E-state index in [2.05, 4.69) is 15.3 Å². The Bertz CT molecular complexity index is 896. The Labute approximate surface area is 150 Å². The van der Waals surface area contributed by atoms with E-state index in [9.17, 15) is 4.79 Å². The minimum absolute atomic E-state index is 0.0156. The summed E-state index contributed by atoms with van der Waals surface area (Å²) in [4.78, 5) is 23.7. The van der Waals surface area contributed by atoms with Crippen LogP contribution in [-0.4, -0.2) is 45.0 Å². The van der Waals surface area contributed by atoms with Crippen molar-refractivity contribution in [2.75, 3.05) is 19.6 Å². The van der Waals surface area contributed by atoms with E-state index in [0.29, 0.717) is 36.2 Å². The third kappa shape index (κ3) is 3.03. The number of piperazine rings is 1. The summed E-state index contributed by atoms with van der Waals surface area (Å²) in [5.41, 5.74) is 0.638. The molecule has 3 aromatic heterocycles. The Morgan fingerprint density at radius 3 is 3.08 bits per heavy atom. The van der Waals surface area contributed by atoms with Gasteiger partial charge in [0.2, 0.25) is 5.91 Å².